The molecule has 1 aliphatic carbocycles. The monoisotopic (exact) mass is 487 g/mol. The first kappa shape index (κ1) is 23.7. The number of fused-ring (bicyclic) bond motifs is 1. The maximum absolute atomic E-state index is 13.1. The number of pyridine rings is 2. The SMILES string of the molecule is CC(C)c1ncccc1-c1nccc2c1CC(C#N)(c1ccc(-c3nc(C(F)(F)F)cn3C)cc1)C2. The van der Waals surface area contributed by atoms with Gasteiger partial charge in [-0.3, -0.25) is 9.97 Å². The van der Waals surface area contributed by atoms with E-state index >= 15 is 0 Å². The molecule has 3 aromatic heterocycles. The molecule has 0 fully saturated rings. The van der Waals surface area contributed by atoms with Gasteiger partial charge in [0.15, 0.2) is 5.69 Å². The number of hydrogen-bond donors (Lipinski definition) is 0. The average Bonchev–Trinajstić information content (AvgIpc) is 3.45. The summed E-state index contributed by atoms with van der Waals surface area (Å²) in [6.45, 7) is 4.19. The summed E-state index contributed by atoms with van der Waals surface area (Å²) in [6.07, 6.45) is 1.06. The predicted octanol–water partition coefficient (Wildman–Crippen LogP) is 6.25. The minimum absolute atomic E-state index is 0.220. The number of alkyl halides is 3. The zero-order chi connectivity index (χ0) is 25.7. The number of halogens is 3. The summed E-state index contributed by atoms with van der Waals surface area (Å²) < 4.78 is 40.6. The molecule has 182 valence electrons. The second-order valence-corrected chi connectivity index (χ2v) is 9.57. The summed E-state index contributed by atoms with van der Waals surface area (Å²) in [5, 5.41) is 10.3. The molecule has 0 amide bonds. The van der Waals surface area contributed by atoms with Crippen LogP contribution in [0.25, 0.3) is 22.6 Å². The minimum atomic E-state index is -4.51. The van der Waals surface area contributed by atoms with Gasteiger partial charge in [0.2, 0.25) is 0 Å². The smallest absolute Gasteiger partial charge is 0.333 e. The van der Waals surface area contributed by atoms with Crippen LogP contribution in [0.5, 0.6) is 0 Å². The van der Waals surface area contributed by atoms with E-state index in [4.69, 9.17) is 4.98 Å². The Labute approximate surface area is 207 Å². The average molecular weight is 488 g/mol. The molecule has 1 unspecified atom stereocenters. The van der Waals surface area contributed by atoms with E-state index in [0.717, 1.165) is 39.8 Å². The van der Waals surface area contributed by atoms with Crippen molar-refractivity contribution >= 4 is 0 Å². The Morgan fingerprint density at radius 3 is 2.42 bits per heavy atom. The van der Waals surface area contributed by atoms with E-state index in [-0.39, 0.29) is 11.7 Å². The fourth-order valence-electron chi connectivity index (χ4n) is 5.05. The van der Waals surface area contributed by atoms with Crippen LogP contribution in [0.2, 0.25) is 0 Å². The van der Waals surface area contributed by atoms with E-state index in [0.29, 0.717) is 18.4 Å². The second kappa shape index (κ2) is 8.59. The molecule has 0 spiro atoms. The van der Waals surface area contributed by atoms with Crippen LogP contribution in [0.15, 0.2) is 61.1 Å². The number of nitrogens with zero attached hydrogens (tertiary/aromatic N) is 5. The molecule has 3 heterocycles. The number of hydrogen-bond acceptors (Lipinski definition) is 4. The largest absolute Gasteiger partial charge is 0.434 e. The molecule has 0 radical (unpaired) electrons. The van der Waals surface area contributed by atoms with Gasteiger partial charge < -0.3 is 4.57 Å². The summed E-state index contributed by atoms with van der Waals surface area (Å²) >= 11 is 0. The number of aryl methyl sites for hydroxylation is 1. The number of benzene rings is 1. The molecule has 0 bridgehead atoms. The number of aromatic nitrogens is 4. The van der Waals surface area contributed by atoms with E-state index < -0.39 is 17.3 Å². The maximum Gasteiger partial charge on any atom is 0.434 e. The Morgan fingerprint density at radius 1 is 1.03 bits per heavy atom. The van der Waals surface area contributed by atoms with Crippen LogP contribution in [0.1, 0.15) is 47.8 Å². The number of imidazole rings is 1. The lowest BCUT2D eigenvalue weighted by Crippen LogP contribution is -2.24. The summed E-state index contributed by atoms with van der Waals surface area (Å²) in [5.41, 5.74) is 4.55. The van der Waals surface area contributed by atoms with Gasteiger partial charge in [0.25, 0.3) is 0 Å². The fraction of sp³-hybridized carbons (Fsp3) is 0.286. The lowest BCUT2D eigenvalue weighted by molar-refractivity contribution is -0.140. The third kappa shape index (κ3) is 3.95. The van der Waals surface area contributed by atoms with Crippen molar-refractivity contribution in [1.82, 2.24) is 19.5 Å². The van der Waals surface area contributed by atoms with Crippen molar-refractivity contribution in [2.45, 2.75) is 44.2 Å². The Morgan fingerprint density at radius 2 is 1.78 bits per heavy atom. The van der Waals surface area contributed by atoms with Crippen molar-refractivity contribution in [2.24, 2.45) is 7.05 Å². The zero-order valence-electron chi connectivity index (χ0n) is 20.1. The van der Waals surface area contributed by atoms with Crippen molar-refractivity contribution in [3.05, 3.63) is 89.1 Å². The van der Waals surface area contributed by atoms with Gasteiger partial charge >= 0.3 is 6.18 Å². The van der Waals surface area contributed by atoms with Gasteiger partial charge in [-0.1, -0.05) is 38.1 Å². The van der Waals surface area contributed by atoms with Crippen molar-refractivity contribution < 1.29 is 13.2 Å². The lowest BCUT2D eigenvalue weighted by atomic mass is 9.78. The van der Waals surface area contributed by atoms with E-state index in [1.165, 1.54) is 11.6 Å². The lowest BCUT2D eigenvalue weighted by Gasteiger charge is -2.21. The van der Waals surface area contributed by atoms with Gasteiger partial charge in [0.05, 0.1) is 22.9 Å². The molecule has 4 aromatic rings. The van der Waals surface area contributed by atoms with Crippen LogP contribution in [-0.2, 0) is 31.5 Å². The number of nitriles is 1. The van der Waals surface area contributed by atoms with E-state index in [1.54, 1.807) is 24.5 Å². The van der Waals surface area contributed by atoms with Crippen LogP contribution in [0.4, 0.5) is 13.2 Å². The topological polar surface area (TPSA) is 67.4 Å². The van der Waals surface area contributed by atoms with E-state index in [9.17, 15) is 18.4 Å². The van der Waals surface area contributed by atoms with Crippen LogP contribution in [-0.4, -0.2) is 19.5 Å². The minimum Gasteiger partial charge on any atom is -0.333 e. The molecule has 1 aromatic carbocycles. The van der Waals surface area contributed by atoms with Crippen LogP contribution in [0, 0.1) is 11.3 Å². The molecule has 0 saturated carbocycles. The molecular weight excluding hydrogens is 463 g/mol. The zero-order valence-corrected chi connectivity index (χ0v) is 20.1. The molecule has 36 heavy (non-hydrogen) atoms. The van der Waals surface area contributed by atoms with Gasteiger partial charge in [-0.2, -0.15) is 18.4 Å². The fourth-order valence-corrected chi connectivity index (χ4v) is 5.05. The van der Waals surface area contributed by atoms with Crippen LogP contribution in [0.3, 0.4) is 0 Å². The van der Waals surface area contributed by atoms with Gasteiger partial charge in [-0.25, -0.2) is 4.98 Å². The highest BCUT2D eigenvalue weighted by atomic mass is 19.4. The first-order valence-electron chi connectivity index (χ1n) is 11.7. The first-order valence-corrected chi connectivity index (χ1v) is 11.7. The van der Waals surface area contributed by atoms with Crippen molar-refractivity contribution in [3.63, 3.8) is 0 Å². The number of rotatable bonds is 4. The van der Waals surface area contributed by atoms with Gasteiger partial charge in [0.1, 0.15) is 5.82 Å². The molecule has 8 heteroatoms. The quantitative estimate of drug-likeness (QED) is 0.341. The summed E-state index contributed by atoms with van der Waals surface area (Å²) in [7, 11) is 1.54. The maximum atomic E-state index is 13.1. The molecule has 0 N–H and O–H groups in total. The van der Waals surface area contributed by atoms with Gasteiger partial charge in [0, 0.05) is 36.8 Å². The predicted molar refractivity (Wildman–Crippen MR) is 130 cm³/mol. The third-order valence-electron chi connectivity index (χ3n) is 6.84. The molecular formula is C28H24F3N5. The summed E-state index contributed by atoms with van der Waals surface area (Å²) in [5.74, 6) is 0.441. The van der Waals surface area contributed by atoms with Crippen molar-refractivity contribution in [2.75, 3.05) is 0 Å². The van der Waals surface area contributed by atoms with E-state index in [2.05, 4.69) is 29.9 Å². The highest BCUT2D eigenvalue weighted by molar-refractivity contribution is 5.70. The molecule has 0 aliphatic heterocycles. The second-order valence-electron chi connectivity index (χ2n) is 9.57. The molecule has 5 rings (SSSR count). The highest BCUT2D eigenvalue weighted by Gasteiger charge is 2.41. The van der Waals surface area contributed by atoms with Crippen molar-refractivity contribution in [3.8, 4) is 28.7 Å². The normalized spacial score (nSPS) is 17.3. The standard InChI is InChI=1S/C28H24F3N5/c1-17(2)24-21(5-4-11-33-24)25-22-14-27(16-32,13-19(22)10-12-34-25)20-8-6-18(7-9-20)26-35-23(15-36(26)3)28(29,30)31/h4-12,15,17H,13-14H2,1-3H3. The molecule has 1 aliphatic rings. The summed E-state index contributed by atoms with van der Waals surface area (Å²) in [6, 6.07) is 15.5. The van der Waals surface area contributed by atoms with Gasteiger partial charge in [-0.05, 0) is 53.6 Å². The highest BCUT2D eigenvalue weighted by Crippen LogP contribution is 2.44. The molecule has 1 atom stereocenters. The Hall–Kier alpha value is -3.99. The Kier molecular flexibility index (Phi) is 5.67. The summed E-state index contributed by atoms with van der Waals surface area (Å²) in [4.78, 5) is 13.0. The first-order chi connectivity index (χ1) is 17.1. The molecule has 5 nitrogen and oxygen atoms in total. The Balaban J connectivity index is 1.51. The van der Waals surface area contributed by atoms with E-state index in [1.807, 2.05) is 30.3 Å². The van der Waals surface area contributed by atoms with Gasteiger partial charge in [-0.15, -0.1) is 0 Å². The molecule has 0 saturated heterocycles. The van der Waals surface area contributed by atoms with Crippen LogP contribution >= 0.6 is 0 Å². The van der Waals surface area contributed by atoms with Crippen LogP contribution < -0.4 is 0 Å². The van der Waals surface area contributed by atoms with Crippen molar-refractivity contribution in [1.29, 1.82) is 5.26 Å². The third-order valence-corrected chi connectivity index (χ3v) is 6.84. The Bertz CT molecular complexity index is 1480.